The van der Waals surface area contributed by atoms with Crippen molar-refractivity contribution in [3.05, 3.63) is 12.2 Å². The molecule has 2 aliphatic rings. The zero-order chi connectivity index (χ0) is 9.31. The molecule has 13 heavy (non-hydrogen) atoms. The van der Waals surface area contributed by atoms with E-state index < -0.39 is 0 Å². The first-order valence-electron chi connectivity index (χ1n) is 5.82. The Kier molecular flexibility index (Phi) is 2.46. The summed E-state index contributed by atoms with van der Waals surface area (Å²) in [5.74, 6) is 0. The van der Waals surface area contributed by atoms with E-state index in [-0.39, 0.29) is 0 Å². The van der Waals surface area contributed by atoms with Gasteiger partial charge in [0.05, 0.1) is 19.6 Å². The lowest BCUT2D eigenvalue weighted by atomic mass is 10.1. The lowest BCUT2D eigenvalue weighted by Crippen LogP contribution is -2.48. The Morgan fingerprint density at radius 3 is 3.08 bits per heavy atom. The zero-order valence-electron chi connectivity index (χ0n) is 8.89. The summed E-state index contributed by atoms with van der Waals surface area (Å²) < 4.78 is 1.41. The topological polar surface area (TPSA) is 0 Å². The second kappa shape index (κ2) is 3.45. The third-order valence-electron chi connectivity index (χ3n) is 4.05. The van der Waals surface area contributed by atoms with Gasteiger partial charge in [0.25, 0.3) is 0 Å². The van der Waals surface area contributed by atoms with Gasteiger partial charge in [-0.05, 0) is 12.0 Å². The summed E-state index contributed by atoms with van der Waals surface area (Å²) in [6.45, 7) is 10.8. The highest BCUT2D eigenvalue weighted by Crippen LogP contribution is 2.39. The number of unbranched alkanes of at least 4 members (excludes halogenated alkanes) is 1. The predicted molar refractivity (Wildman–Crippen MR) is 56.5 cm³/mol. The van der Waals surface area contributed by atoms with E-state index >= 15 is 0 Å². The molecule has 2 heterocycles. The first-order valence-corrected chi connectivity index (χ1v) is 5.82. The molecule has 0 aromatic carbocycles. The van der Waals surface area contributed by atoms with Crippen LogP contribution in [0.25, 0.3) is 0 Å². The van der Waals surface area contributed by atoms with Crippen LogP contribution in [0.4, 0.5) is 0 Å². The molecule has 0 saturated carbocycles. The van der Waals surface area contributed by atoms with Crippen molar-refractivity contribution in [3.8, 4) is 0 Å². The Hall–Kier alpha value is -0.300. The molecule has 0 aliphatic carbocycles. The van der Waals surface area contributed by atoms with Crippen LogP contribution in [0.15, 0.2) is 12.2 Å². The van der Waals surface area contributed by atoms with Gasteiger partial charge in [-0.1, -0.05) is 19.9 Å². The minimum atomic E-state index is 0.853. The van der Waals surface area contributed by atoms with Crippen molar-refractivity contribution in [2.45, 2.75) is 45.1 Å². The fourth-order valence-corrected chi connectivity index (χ4v) is 3.27. The molecule has 0 bridgehead atoms. The number of fused-ring (bicyclic) bond motifs is 1. The van der Waals surface area contributed by atoms with Gasteiger partial charge in [0.15, 0.2) is 0 Å². The Morgan fingerprint density at radius 2 is 2.31 bits per heavy atom. The van der Waals surface area contributed by atoms with Crippen molar-refractivity contribution >= 4 is 0 Å². The lowest BCUT2D eigenvalue weighted by Gasteiger charge is -2.34. The van der Waals surface area contributed by atoms with Gasteiger partial charge >= 0.3 is 0 Å². The molecule has 74 valence electrons. The zero-order valence-corrected chi connectivity index (χ0v) is 8.89. The van der Waals surface area contributed by atoms with Gasteiger partial charge in [0.1, 0.15) is 6.04 Å². The maximum Gasteiger partial charge on any atom is 0.111 e. The fraction of sp³-hybridized carbons (Fsp3) is 0.833. The quantitative estimate of drug-likeness (QED) is 0.463. The van der Waals surface area contributed by atoms with Gasteiger partial charge in [-0.3, -0.25) is 0 Å². The minimum absolute atomic E-state index is 0.853. The molecule has 0 aromatic rings. The molecule has 2 aliphatic heterocycles. The number of hydrogen-bond donors (Lipinski definition) is 0. The molecule has 1 heteroatoms. The van der Waals surface area contributed by atoms with E-state index in [4.69, 9.17) is 0 Å². The van der Waals surface area contributed by atoms with Crippen LogP contribution < -0.4 is 0 Å². The second-order valence-corrected chi connectivity index (χ2v) is 4.81. The van der Waals surface area contributed by atoms with E-state index in [9.17, 15) is 0 Å². The van der Waals surface area contributed by atoms with Crippen LogP contribution in [0.2, 0.25) is 0 Å². The van der Waals surface area contributed by atoms with Gasteiger partial charge in [-0.2, -0.15) is 0 Å². The molecule has 2 saturated heterocycles. The largest absolute Gasteiger partial charge is 0.317 e. The number of rotatable bonds is 3. The van der Waals surface area contributed by atoms with Gasteiger partial charge in [-0.25, -0.2) is 0 Å². The van der Waals surface area contributed by atoms with Crippen LogP contribution in [0.1, 0.15) is 39.0 Å². The van der Waals surface area contributed by atoms with Gasteiger partial charge < -0.3 is 4.48 Å². The molecule has 2 atom stereocenters. The molecule has 0 amide bonds. The molecule has 2 rings (SSSR count). The number of hydrogen-bond acceptors (Lipinski definition) is 0. The van der Waals surface area contributed by atoms with Crippen molar-refractivity contribution in [1.82, 2.24) is 0 Å². The monoisotopic (exact) mass is 180 g/mol. The summed E-state index contributed by atoms with van der Waals surface area (Å²) in [6.07, 6.45) is 6.91. The van der Waals surface area contributed by atoms with Crippen LogP contribution in [-0.2, 0) is 0 Å². The molecule has 0 radical (unpaired) electrons. The highest BCUT2D eigenvalue weighted by Gasteiger charge is 2.46. The van der Waals surface area contributed by atoms with E-state index in [0.29, 0.717) is 0 Å². The van der Waals surface area contributed by atoms with Crippen LogP contribution in [0, 0.1) is 0 Å². The fourth-order valence-electron chi connectivity index (χ4n) is 3.27. The first kappa shape index (κ1) is 9.26. The number of nitrogens with zero attached hydrogens (tertiary/aromatic N) is 1. The SMILES string of the molecule is C=C1CC[N+]2(CCCC)CCC[C@@H]12. The summed E-state index contributed by atoms with van der Waals surface area (Å²) in [6, 6.07) is 0.853. The lowest BCUT2D eigenvalue weighted by molar-refractivity contribution is -0.924. The third-order valence-corrected chi connectivity index (χ3v) is 4.05. The standard InChI is InChI=1S/C12H22N/c1-3-4-8-13-9-5-6-12(13)11(2)7-10-13/h12H,2-10H2,1H3/q+1/t12-,13?/m0/s1. The summed E-state index contributed by atoms with van der Waals surface area (Å²) in [5.41, 5.74) is 1.55. The average molecular weight is 180 g/mol. The maximum atomic E-state index is 4.23. The molecule has 0 N–H and O–H groups in total. The van der Waals surface area contributed by atoms with Crippen molar-refractivity contribution in [2.75, 3.05) is 19.6 Å². The maximum absolute atomic E-state index is 4.23. The molecule has 0 spiro atoms. The number of quaternary nitrogens is 1. The van der Waals surface area contributed by atoms with Gasteiger partial charge in [0.2, 0.25) is 0 Å². The highest BCUT2D eigenvalue weighted by atomic mass is 15.4. The molecule has 1 unspecified atom stereocenters. The first-order chi connectivity index (χ1) is 6.28. The minimum Gasteiger partial charge on any atom is -0.317 e. The summed E-state index contributed by atoms with van der Waals surface area (Å²) in [7, 11) is 0. The normalized spacial score (nSPS) is 38.2. The Bertz CT molecular complexity index is 209. The van der Waals surface area contributed by atoms with Crippen LogP contribution in [0.3, 0.4) is 0 Å². The Morgan fingerprint density at radius 1 is 1.46 bits per heavy atom. The molecular formula is C12H22N+. The van der Waals surface area contributed by atoms with Crippen molar-refractivity contribution in [3.63, 3.8) is 0 Å². The van der Waals surface area contributed by atoms with Gasteiger partial charge in [-0.15, -0.1) is 0 Å². The summed E-state index contributed by atoms with van der Waals surface area (Å²) >= 11 is 0. The van der Waals surface area contributed by atoms with Crippen molar-refractivity contribution in [2.24, 2.45) is 0 Å². The van der Waals surface area contributed by atoms with Crippen LogP contribution in [-0.4, -0.2) is 30.2 Å². The molecule has 0 aromatic heterocycles. The van der Waals surface area contributed by atoms with Crippen LogP contribution >= 0.6 is 0 Å². The van der Waals surface area contributed by atoms with Crippen molar-refractivity contribution < 1.29 is 4.48 Å². The molecule has 2 fully saturated rings. The second-order valence-electron chi connectivity index (χ2n) is 4.81. The average Bonchev–Trinajstić information content (AvgIpc) is 2.65. The molecule has 1 nitrogen and oxygen atoms in total. The summed E-state index contributed by atoms with van der Waals surface area (Å²) in [4.78, 5) is 0. The van der Waals surface area contributed by atoms with E-state index in [1.165, 1.54) is 56.2 Å². The Balaban J connectivity index is 2.06. The predicted octanol–water partition coefficient (Wildman–Crippen LogP) is 2.73. The van der Waals surface area contributed by atoms with E-state index in [1.807, 2.05) is 0 Å². The van der Waals surface area contributed by atoms with Crippen LogP contribution in [0.5, 0.6) is 0 Å². The highest BCUT2D eigenvalue weighted by molar-refractivity contribution is 5.08. The summed E-state index contributed by atoms with van der Waals surface area (Å²) in [5, 5.41) is 0. The third kappa shape index (κ3) is 1.43. The van der Waals surface area contributed by atoms with Crippen molar-refractivity contribution in [1.29, 1.82) is 0 Å². The van der Waals surface area contributed by atoms with Gasteiger partial charge in [0, 0.05) is 19.3 Å². The smallest absolute Gasteiger partial charge is 0.111 e. The Labute approximate surface area is 82.0 Å². The van der Waals surface area contributed by atoms with E-state index in [0.717, 1.165) is 6.04 Å². The van der Waals surface area contributed by atoms with E-state index in [1.54, 1.807) is 5.57 Å². The van der Waals surface area contributed by atoms with E-state index in [2.05, 4.69) is 13.5 Å². The molecular weight excluding hydrogens is 158 g/mol.